The summed E-state index contributed by atoms with van der Waals surface area (Å²) in [5, 5.41) is 0. The Bertz CT molecular complexity index is 1760. The molecule has 1 aliphatic heterocycles. The first-order valence-corrected chi connectivity index (χ1v) is 16.5. The van der Waals surface area contributed by atoms with Crippen molar-refractivity contribution < 1.29 is 23.4 Å². The van der Waals surface area contributed by atoms with Gasteiger partial charge in [-0.3, -0.25) is 4.79 Å². The van der Waals surface area contributed by atoms with E-state index in [1.807, 2.05) is 31.5 Å². The average Bonchev–Trinajstić information content (AvgIpc) is 3.71. The van der Waals surface area contributed by atoms with Crippen LogP contribution in [0.2, 0.25) is 0 Å². The number of amides is 1. The number of hydrogen-bond acceptors (Lipinski definition) is 8. The molecule has 48 heavy (non-hydrogen) atoms. The number of carbonyl (C=O) groups excluding carboxylic acids is 1. The number of para-hydroxylation sites is 2. The van der Waals surface area contributed by atoms with Gasteiger partial charge < -0.3 is 37.9 Å². The maximum absolute atomic E-state index is 13.7. The van der Waals surface area contributed by atoms with Crippen LogP contribution in [0, 0.1) is 0 Å². The molecule has 1 amide bonds. The van der Waals surface area contributed by atoms with Crippen LogP contribution in [0.15, 0.2) is 89.7 Å². The van der Waals surface area contributed by atoms with Crippen molar-refractivity contribution in [3.63, 3.8) is 0 Å². The second kappa shape index (κ2) is 15.3. The minimum Gasteiger partial charge on any atom is -0.493 e. The molecule has 3 aromatic carbocycles. The van der Waals surface area contributed by atoms with Gasteiger partial charge in [-0.05, 0) is 61.8 Å². The van der Waals surface area contributed by atoms with Gasteiger partial charge in [-0.25, -0.2) is 4.98 Å². The summed E-state index contributed by atoms with van der Waals surface area (Å²) in [7, 11) is 6.53. The summed E-state index contributed by atoms with van der Waals surface area (Å²) in [6.45, 7) is 6.02. The number of aromatic nitrogens is 2. The molecule has 1 aliphatic rings. The molecule has 0 N–H and O–H groups in total. The normalized spacial score (nSPS) is 14.5. The van der Waals surface area contributed by atoms with Gasteiger partial charge in [0.05, 0.1) is 51.4 Å². The van der Waals surface area contributed by atoms with Crippen molar-refractivity contribution in [1.29, 1.82) is 0 Å². The molecule has 2 aromatic heterocycles. The van der Waals surface area contributed by atoms with E-state index in [4.69, 9.17) is 23.6 Å². The number of anilines is 1. The number of hydrogen-bond donors (Lipinski definition) is 0. The Kier molecular flexibility index (Phi) is 10.5. The summed E-state index contributed by atoms with van der Waals surface area (Å²) < 4.78 is 24.1. The van der Waals surface area contributed by atoms with E-state index in [-0.39, 0.29) is 11.8 Å². The number of imidazole rings is 1. The lowest BCUT2D eigenvalue weighted by Crippen LogP contribution is -2.35. The molecule has 1 saturated heterocycles. The van der Waals surface area contributed by atoms with Gasteiger partial charge in [0.15, 0.2) is 11.5 Å². The van der Waals surface area contributed by atoms with E-state index < -0.39 is 0 Å². The number of methoxy groups -OCH3 is 3. The first kappa shape index (κ1) is 33.0. The van der Waals surface area contributed by atoms with Crippen molar-refractivity contribution in [3.05, 3.63) is 102 Å². The fourth-order valence-corrected chi connectivity index (χ4v) is 6.69. The minimum absolute atomic E-state index is 0.0982. The summed E-state index contributed by atoms with van der Waals surface area (Å²) in [6, 6.07) is 24.3. The lowest BCUT2D eigenvalue weighted by atomic mass is 9.94. The molecule has 3 heterocycles. The zero-order valence-electron chi connectivity index (χ0n) is 28.3. The summed E-state index contributed by atoms with van der Waals surface area (Å²) >= 11 is 0. The Labute approximate surface area is 282 Å². The number of rotatable bonds is 13. The number of ether oxygens (including phenoxy) is 3. The van der Waals surface area contributed by atoms with E-state index in [2.05, 4.69) is 56.8 Å². The van der Waals surface area contributed by atoms with Gasteiger partial charge in [0.25, 0.3) is 5.91 Å². The summed E-state index contributed by atoms with van der Waals surface area (Å²) in [6.07, 6.45) is 5.50. The van der Waals surface area contributed by atoms with E-state index in [0.717, 1.165) is 68.1 Å². The first-order valence-electron chi connectivity index (χ1n) is 16.5. The number of benzene rings is 3. The molecule has 0 bridgehead atoms. The van der Waals surface area contributed by atoms with E-state index in [9.17, 15) is 4.79 Å². The monoisotopic (exact) mass is 651 g/mol. The van der Waals surface area contributed by atoms with Crippen LogP contribution in [0.1, 0.15) is 40.2 Å². The number of fused-ring (bicyclic) bond motifs is 1. The minimum atomic E-state index is -0.0982. The van der Waals surface area contributed by atoms with Crippen LogP contribution in [-0.4, -0.2) is 92.9 Å². The number of furan rings is 1. The lowest BCUT2D eigenvalue weighted by Gasteiger charge is -2.28. The molecule has 0 spiro atoms. The van der Waals surface area contributed by atoms with Gasteiger partial charge in [0.1, 0.15) is 0 Å². The van der Waals surface area contributed by atoms with Crippen LogP contribution in [0.4, 0.5) is 5.95 Å². The second-order valence-corrected chi connectivity index (χ2v) is 12.3. The molecule has 10 heteroatoms. The fraction of sp³-hybridized carbons (Fsp3) is 0.368. The van der Waals surface area contributed by atoms with Crippen LogP contribution in [-0.2, 0) is 6.54 Å². The van der Waals surface area contributed by atoms with Gasteiger partial charge >= 0.3 is 0 Å². The van der Waals surface area contributed by atoms with E-state index >= 15 is 0 Å². The number of carbonyl (C=O) groups is 1. The third-order valence-corrected chi connectivity index (χ3v) is 9.24. The Morgan fingerprint density at radius 2 is 1.67 bits per heavy atom. The van der Waals surface area contributed by atoms with Gasteiger partial charge in [-0.15, -0.1) is 0 Å². The highest BCUT2D eigenvalue weighted by Crippen LogP contribution is 2.38. The highest BCUT2D eigenvalue weighted by Gasteiger charge is 2.25. The molecule has 10 nitrogen and oxygen atoms in total. The van der Waals surface area contributed by atoms with Crippen molar-refractivity contribution >= 4 is 22.9 Å². The van der Waals surface area contributed by atoms with Crippen LogP contribution < -0.4 is 19.1 Å². The predicted octanol–water partition coefficient (Wildman–Crippen LogP) is 6.16. The van der Waals surface area contributed by atoms with Crippen molar-refractivity contribution in [3.8, 4) is 17.2 Å². The SMILES string of the molecule is COc1cc(C(=O)N(C)CC(CCN2CCCN(c3nc4ccccc4n3Cc3ccoc3)CC2)c2ccccc2)cc(OC)c1OC. The molecule has 0 aliphatic carbocycles. The van der Waals surface area contributed by atoms with Crippen LogP contribution in [0.5, 0.6) is 17.2 Å². The largest absolute Gasteiger partial charge is 0.493 e. The third kappa shape index (κ3) is 7.28. The highest BCUT2D eigenvalue weighted by molar-refractivity contribution is 5.95. The predicted molar refractivity (Wildman–Crippen MR) is 188 cm³/mol. The van der Waals surface area contributed by atoms with Crippen molar-refractivity contribution in [1.82, 2.24) is 19.4 Å². The standard InChI is InChI=1S/C38H45N5O5/c1-40(37(44)31-23-34(45-2)36(47-4)35(24-31)46-3)26-30(29-11-6-5-7-12-29)15-19-41-17-10-18-42(21-20-41)38-39-32-13-8-9-14-33(32)43(38)25-28-16-22-48-27-28/h5-9,11-14,16,22-24,27,30H,10,15,17-21,25-26H2,1-4H3. The van der Waals surface area contributed by atoms with Crippen molar-refractivity contribution in [2.24, 2.45) is 0 Å². The highest BCUT2D eigenvalue weighted by atomic mass is 16.5. The molecule has 1 unspecified atom stereocenters. The molecular weight excluding hydrogens is 606 g/mol. The van der Waals surface area contributed by atoms with Gasteiger partial charge in [-0.1, -0.05) is 42.5 Å². The van der Waals surface area contributed by atoms with Gasteiger partial charge in [0, 0.05) is 50.3 Å². The Hall–Kier alpha value is -4.96. The summed E-state index contributed by atoms with van der Waals surface area (Å²) in [5.41, 5.74) is 4.98. The molecule has 252 valence electrons. The second-order valence-electron chi connectivity index (χ2n) is 12.3. The topological polar surface area (TPSA) is 85.4 Å². The number of nitrogens with zero attached hydrogens (tertiary/aromatic N) is 5. The van der Waals surface area contributed by atoms with Crippen LogP contribution in [0.25, 0.3) is 11.0 Å². The van der Waals surface area contributed by atoms with E-state index in [1.165, 1.54) is 5.56 Å². The first-order chi connectivity index (χ1) is 23.5. The fourth-order valence-electron chi connectivity index (χ4n) is 6.69. The Morgan fingerprint density at radius 1 is 0.917 bits per heavy atom. The lowest BCUT2D eigenvalue weighted by molar-refractivity contribution is 0.0782. The van der Waals surface area contributed by atoms with Gasteiger partial charge in [-0.2, -0.15) is 0 Å². The summed E-state index contributed by atoms with van der Waals surface area (Å²) in [5.74, 6) is 2.46. The molecule has 1 atom stereocenters. The maximum Gasteiger partial charge on any atom is 0.253 e. The third-order valence-electron chi connectivity index (χ3n) is 9.24. The molecular formula is C38H45N5O5. The molecule has 0 saturated carbocycles. The van der Waals surface area contributed by atoms with Gasteiger partial charge in [0.2, 0.25) is 11.7 Å². The zero-order valence-corrected chi connectivity index (χ0v) is 28.3. The molecule has 1 fully saturated rings. The zero-order chi connectivity index (χ0) is 33.5. The smallest absolute Gasteiger partial charge is 0.253 e. The Morgan fingerprint density at radius 3 is 2.38 bits per heavy atom. The van der Waals surface area contributed by atoms with E-state index in [1.54, 1.807) is 44.6 Å². The van der Waals surface area contributed by atoms with E-state index in [0.29, 0.717) is 35.9 Å². The maximum atomic E-state index is 13.7. The number of likely N-dealkylation sites (N-methyl/N-ethyl adjacent to an activating group) is 1. The average molecular weight is 652 g/mol. The summed E-state index contributed by atoms with van der Waals surface area (Å²) in [4.78, 5) is 25.6. The molecule has 5 aromatic rings. The quantitative estimate of drug-likeness (QED) is 0.150. The molecule has 6 rings (SSSR count). The van der Waals surface area contributed by atoms with Crippen LogP contribution >= 0.6 is 0 Å². The Balaban J connectivity index is 1.14. The van der Waals surface area contributed by atoms with Crippen molar-refractivity contribution in [2.45, 2.75) is 25.3 Å². The molecule has 0 radical (unpaired) electrons. The van der Waals surface area contributed by atoms with Crippen LogP contribution in [0.3, 0.4) is 0 Å². The van der Waals surface area contributed by atoms with Crippen molar-refractivity contribution in [2.75, 3.05) is 72.5 Å².